The lowest BCUT2D eigenvalue weighted by Gasteiger charge is -2.41. The Bertz CT molecular complexity index is 1080. The summed E-state index contributed by atoms with van der Waals surface area (Å²) in [5.41, 5.74) is 2.19. The number of hydrogen-bond acceptors (Lipinski definition) is 3. The molecule has 4 nitrogen and oxygen atoms in total. The molecule has 34 heavy (non-hydrogen) atoms. The minimum atomic E-state index is -1.08. The van der Waals surface area contributed by atoms with E-state index in [0.29, 0.717) is 31.7 Å². The molecule has 0 radical (unpaired) electrons. The number of halogens is 3. The highest BCUT2D eigenvalue weighted by molar-refractivity contribution is 5.97. The molecule has 0 unspecified atom stereocenters. The van der Waals surface area contributed by atoms with E-state index in [0.717, 1.165) is 48.9 Å². The Morgan fingerprint density at radius 2 is 1.68 bits per heavy atom. The number of carbonyl (C=O) groups excluding carboxylic acids is 2. The molecule has 1 amide bonds. The molecular formula is C27H31F3N2O2. The van der Waals surface area contributed by atoms with Gasteiger partial charge in [0.25, 0.3) is 0 Å². The fourth-order valence-corrected chi connectivity index (χ4v) is 5.24. The summed E-state index contributed by atoms with van der Waals surface area (Å²) in [6.45, 7) is 6.51. The molecule has 182 valence electrons. The standard InChI is InChI=1S/C27H31F3N2O2/c1-17-15-31(9-10-32(17)27(34)19-5-3-4-6-19)16-22-12-23(28)11-21(18(22)2)14-26(33)20-7-8-24(29)25(30)13-20/h7-8,11-13,17,19H,3-6,9-10,14-16H2,1-2H3/t17-/m0/s1. The minimum absolute atomic E-state index is 0.0565. The van der Waals surface area contributed by atoms with Gasteiger partial charge < -0.3 is 4.90 Å². The van der Waals surface area contributed by atoms with Crippen LogP contribution in [0, 0.1) is 30.3 Å². The predicted molar refractivity (Wildman–Crippen MR) is 124 cm³/mol. The van der Waals surface area contributed by atoms with Crippen molar-refractivity contribution in [2.75, 3.05) is 19.6 Å². The molecule has 1 aliphatic heterocycles. The summed E-state index contributed by atoms with van der Waals surface area (Å²) >= 11 is 0. The summed E-state index contributed by atoms with van der Waals surface area (Å²) in [5, 5.41) is 0. The molecule has 2 aromatic rings. The topological polar surface area (TPSA) is 40.6 Å². The number of benzene rings is 2. The maximum absolute atomic E-state index is 14.5. The number of carbonyl (C=O) groups is 2. The fourth-order valence-electron chi connectivity index (χ4n) is 5.24. The van der Waals surface area contributed by atoms with Gasteiger partial charge in [0.2, 0.25) is 5.91 Å². The Kier molecular flexibility index (Phi) is 7.41. The van der Waals surface area contributed by atoms with Crippen LogP contribution in [-0.2, 0) is 17.8 Å². The van der Waals surface area contributed by atoms with Gasteiger partial charge in [-0.1, -0.05) is 12.8 Å². The van der Waals surface area contributed by atoms with Crippen LogP contribution in [-0.4, -0.2) is 47.2 Å². The van der Waals surface area contributed by atoms with Crippen molar-refractivity contribution in [3.05, 3.63) is 70.0 Å². The maximum Gasteiger partial charge on any atom is 0.226 e. The van der Waals surface area contributed by atoms with Crippen molar-refractivity contribution in [1.29, 1.82) is 0 Å². The monoisotopic (exact) mass is 472 g/mol. The summed E-state index contributed by atoms with van der Waals surface area (Å²) < 4.78 is 41.2. The highest BCUT2D eigenvalue weighted by atomic mass is 19.2. The number of ketones is 1. The van der Waals surface area contributed by atoms with Crippen LogP contribution in [0.25, 0.3) is 0 Å². The van der Waals surface area contributed by atoms with Crippen molar-refractivity contribution in [2.24, 2.45) is 5.92 Å². The second-order valence-corrected chi connectivity index (χ2v) is 9.68. The van der Waals surface area contributed by atoms with Crippen LogP contribution >= 0.6 is 0 Å². The Balaban J connectivity index is 1.43. The van der Waals surface area contributed by atoms with Gasteiger partial charge in [-0.15, -0.1) is 0 Å². The lowest BCUT2D eigenvalue weighted by molar-refractivity contribution is -0.140. The number of piperazine rings is 1. The third kappa shape index (κ3) is 5.35. The minimum Gasteiger partial charge on any atom is -0.337 e. The van der Waals surface area contributed by atoms with Crippen LogP contribution in [0.5, 0.6) is 0 Å². The molecule has 0 bridgehead atoms. The molecule has 2 aromatic carbocycles. The SMILES string of the molecule is Cc1c(CC(=O)c2ccc(F)c(F)c2)cc(F)cc1CN1CCN(C(=O)C2CCCC2)[C@@H](C)C1. The van der Waals surface area contributed by atoms with Crippen molar-refractivity contribution in [2.45, 2.75) is 58.5 Å². The molecule has 2 fully saturated rings. The van der Waals surface area contributed by atoms with Gasteiger partial charge >= 0.3 is 0 Å². The highest BCUT2D eigenvalue weighted by Gasteiger charge is 2.33. The first-order valence-electron chi connectivity index (χ1n) is 12.0. The van der Waals surface area contributed by atoms with Gasteiger partial charge in [0.1, 0.15) is 5.82 Å². The normalized spacial score (nSPS) is 19.6. The Morgan fingerprint density at radius 1 is 0.971 bits per heavy atom. The van der Waals surface area contributed by atoms with Crippen molar-refractivity contribution in [3.63, 3.8) is 0 Å². The molecule has 1 heterocycles. The third-order valence-electron chi connectivity index (χ3n) is 7.27. The molecule has 1 saturated heterocycles. The van der Waals surface area contributed by atoms with Gasteiger partial charge in [-0.25, -0.2) is 13.2 Å². The number of Topliss-reactive ketones (excluding diaryl/α,β-unsaturated/α-hetero) is 1. The second kappa shape index (κ2) is 10.3. The molecule has 0 N–H and O–H groups in total. The van der Waals surface area contributed by atoms with E-state index in [9.17, 15) is 22.8 Å². The molecule has 1 aliphatic carbocycles. The van der Waals surface area contributed by atoms with Crippen LogP contribution in [0.4, 0.5) is 13.2 Å². The first kappa shape index (κ1) is 24.5. The molecule has 0 aromatic heterocycles. The predicted octanol–water partition coefficient (Wildman–Crippen LogP) is 5.06. The fraction of sp³-hybridized carbons (Fsp3) is 0.481. The molecule has 1 atom stereocenters. The zero-order chi connectivity index (χ0) is 24.4. The van der Waals surface area contributed by atoms with Gasteiger partial charge in [-0.05, 0) is 73.7 Å². The summed E-state index contributed by atoms with van der Waals surface area (Å²) in [6.07, 6.45) is 4.14. The van der Waals surface area contributed by atoms with Gasteiger partial charge in [0, 0.05) is 50.1 Å². The van der Waals surface area contributed by atoms with E-state index < -0.39 is 23.2 Å². The molecule has 7 heteroatoms. The van der Waals surface area contributed by atoms with Crippen molar-refractivity contribution in [3.8, 4) is 0 Å². The van der Waals surface area contributed by atoms with Gasteiger partial charge in [-0.2, -0.15) is 0 Å². The van der Waals surface area contributed by atoms with Crippen molar-refractivity contribution >= 4 is 11.7 Å². The first-order valence-corrected chi connectivity index (χ1v) is 12.0. The Labute approximate surface area is 198 Å². The van der Waals surface area contributed by atoms with Crippen LogP contribution in [0.1, 0.15) is 59.7 Å². The van der Waals surface area contributed by atoms with E-state index in [1.54, 1.807) is 0 Å². The molecule has 0 spiro atoms. The second-order valence-electron chi connectivity index (χ2n) is 9.68. The highest BCUT2D eigenvalue weighted by Crippen LogP contribution is 2.28. The van der Waals surface area contributed by atoms with E-state index in [4.69, 9.17) is 0 Å². The van der Waals surface area contributed by atoms with Gasteiger partial charge in [0.05, 0.1) is 0 Å². The molecule has 1 saturated carbocycles. The number of rotatable bonds is 6. The Morgan fingerprint density at radius 3 is 2.35 bits per heavy atom. The Hall–Kier alpha value is -2.67. The van der Waals surface area contributed by atoms with E-state index in [2.05, 4.69) is 11.8 Å². The van der Waals surface area contributed by atoms with Crippen molar-refractivity contribution in [1.82, 2.24) is 9.80 Å². The van der Waals surface area contributed by atoms with E-state index in [1.807, 2.05) is 11.8 Å². The van der Waals surface area contributed by atoms with Crippen LogP contribution in [0.2, 0.25) is 0 Å². The summed E-state index contributed by atoms with van der Waals surface area (Å²) in [4.78, 5) is 29.7. The molecule has 4 rings (SSSR count). The lowest BCUT2D eigenvalue weighted by Crippen LogP contribution is -2.54. The van der Waals surface area contributed by atoms with Crippen LogP contribution < -0.4 is 0 Å². The van der Waals surface area contributed by atoms with Gasteiger partial charge in [-0.3, -0.25) is 14.5 Å². The summed E-state index contributed by atoms with van der Waals surface area (Å²) in [7, 11) is 0. The van der Waals surface area contributed by atoms with Crippen LogP contribution in [0.3, 0.4) is 0 Å². The van der Waals surface area contributed by atoms with E-state index in [-0.39, 0.29) is 29.9 Å². The third-order valence-corrected chi connectivity index (χ3v) is 7.27. The van der Waals surface area contributed by atoms with Crippen molar-refractivity contribution < 1.29 is 22.8 Å². The summed E-state index contributed by atoms with van der Waals surface area (Å²) in [5.74, 6) is -2.50. The average molecular weight is 473 g/mol. The largest absolute Gasteiger partial charge is 0.337 e. The zero-order valence-corrected chi connectivity index (χ0v) is 19.8. The van der Waals surface area contributed by atoms with E-state index in [1.165, 1.54) is 18.2 Å². The van der Waals surface area contributed by atoms with Crippen LogP contribution in [0.15, 0.2) is 30.3 Å². The van der Waals surface area contributed by atoms with Gasteiger partial charge in [0.15, 0.2) is 17.4 Å². The number of hydrogen-bond donors (Lipinski definition) is 0. The van der Waals surface area contributed by atoms with E-state index >= 15 is 0 Å². The molecule has 2 aliphatic rings. The number of nitrogens with zero attached hydrogens (tertiary/aromatic N) is 2. The zero-order valence-electron chi connectivity index (χ0n) is 19.8. The quantitative estimate of drug-likeness (QED) is 0.552. The molecular weight excluding hydrogens is 441 g/mol. The maximum atomic E-state index is 14.5. The lowest BCUT2D eigenvalue weighted by atomic mass is 9.95. The summed E-state index contributed by atoms with van der Waals surface area (Å²) in [6, 6.07) is 5.94. The number of amides is 1. The first-order chi connectivity index (χ1) is 16.2. The average Bonchev–Trinajstić information content (AvgIpc) is 3.33. The smallest absolute Gasteiger partial charge is 0.226 e.